The summed E-state index contributed by atoms with van der Waals surface area (Å²) in [6, 6.07) is 9.48. The summed E-state index contributed by atoms with van der Waals surface area (Å²) in [4.78, 5) is 33.6. The van der Waals surface area contributed by atoms with Gasteiger partial charge in [-0.1, -0.05) is 56.0 Å². The van der Waals surface area contributed by atoms with Crippen LogP contribution in [0.25, 0.3) is 0 Å². The van der Waals surface area contributed by atoms with E-state index in [-0.39, 0.29) is 18.4 Å². The van der Waals surface area contributed by atoms with Crippen molar-refractivity contribution in [2.45, 2.75) is 64.5 Å². The Morgan fingerprint density at radius 3 is 2.45 bits per heavy atom. The molecule has 1 fully saturated rings. The van der Waals surface area contributed by atoms with Crippen LogP contribution in [0.2, 0.25) is 0 Å². The molecule has 3 rings (SSSR count). The molecule has 33 heavy (non-hydrogen) atoms. The van der Waals surface area contributed by atoms with E-state index in [9.17, 15) is 9.59 Å². The number of carbonyl (C=O) groups is 2. The molecule has 0 radical (unpaired) electrons. The van der Waals surface area contributed by atoms with E-state index in [4.69, 9.17) is 9.57 Å². The van der Waals surface area contributed by atoms with E-state index >= 15 is 0 Å². The Morgan fingerprint density at radius 1 is 1.00 bits per heavy atom. The number of rotatable bonds is 13. The van der Waals surface area contributed by atoms with Crippen LogP contribution in [0.4, 0.5) is 4.79 Å². The highest BCUT2D eigenvalue weighted by Crippen LogP contribution is 2.18. The number of aryl methyl sites for hydroxylation is 1. The van der Waals surface area contributed by atoms with Crippen molar-refractivity contribution < 1.29 is 19.2 Å². The lowest BCUT2D eigenvalue weighted by Crippen LogP contribution is -2.41. The quantitative estimate of drug-likeness (QED) is 0.357. The lowest BCUT2D eigenvalue weighted by Gasteiger charge is -2.29. The summed E-state index contributed by atoms with van der Waals surface area (Å²) in [7, 11) is 0. The van der Waals surface area contributed by atoms with Crippen molar-refractivity contribution in [1.29, 1.82) is 0 Å². The highest BCUT2D eigenvalue weighted by atomic mass is 16.8. The zero-order chi connectivity index (χ0) is 23.1. The minimum Gasteiger partial charge on any atom is -0.428 e. The van der Waals surface area contributed by atoms with Crippen LogP contribution in [0.5, 0.6) is 0 Å². The van der Waals surface area contributed by atoms with E-state index in [2.05, 4.69) is 14.9 Å². The molecule has 1 aromatic heterocycles. The summed E-state index contributed by atoms with van der Waals surface area (Å²) in [6.07, 6.45) is 13.3. The van der Waals surface area contributed by atoms with E-state index in [1.54, 1.807) is 5.06 Å². The van der Waals surface area contributed by atoms with E-state index in [0.29, 0.717) is 25.9 Å². The third-order valence-corrected chi connectivity index (χ3v) is 5.93. The Bertz CT molecular complexity index is 805. The maximum absolute atomic E-state index is 12.4. The highest BCUT2D eigenvalue weighted by Gasteiger charge is 2.27. The molecule has 1 aliphatic rings. The van der Waals surface area contributed by atoms with E-state index in [1.165, 1.54) is 25.7 Å². The summed E-state index contributed by atoms with van der Waals surface area (Å²) < 4.78 is 7.26. The van der Waals surface area contributed by atoms with Crippen LogP contribution in [-0.2, 0) is 27.5 Å². The molecule has 0 aliphatic carbocycles. The van der Waals surface area contributed by atoms with E-state index < -0.39 is 6.16 Å². The second-order valence-corrected chi connectivity index (χ2v) is 8.53. The molecular formula is C25H36N4O4. The van der Waals surface area contributed by atoms with Gasteiger partial charge in [-0.25, -0.2) is 9.78 Å². The van der Waals surface area contributed by atoms with Gasteiger partial charge in [-0.15, -0.1) is 5.06 Å². The van der Waals surface area contributed by atoms with Crippen molar-refractivity contribution in [2.24, 2.45) is 5.92 Å². The molecule has 0 atom stereocenters. The Balaban J connectivity index is 1.16. The van der Waals surface area contributed by atoms with Gasteiger partial charge in [-0.3, -0.25) is 4.79 Å². The normalized spacial score (nSPS) is 14.7. The molecule has 0 bridgehead atoms. The van der Waals surface area contributed by atoms with Crippen molar-refractivity contribution >= 4 is 12.1 Å². The van der Waals surface area contributed by atoms with Crippen molar-refractivity contribution in [3.05, 3.63) is 54.6 Å². The summed E-state index contributed by atoms with van der Waals surface area (Å²) in [6.45, 7) is 3.03. The summed E-state index contributed by atoms with van der Waals surface area (Å²) in [5.74, 6) is 0.0926. The first-order chi connectivity index (χ1) is 16.2. The summed E-state index contributed by atoms with van der Waals surface area (Å²) in [5, 5.41) is 4.65. The lowest BCUT2D eigenvalue weighted by atomic mass is 9.97. The molecular weight excluding hydrogens is 420 g/mol. The van der Waals surface area contributed by atoms with Crippen LogP contribution in [0.15, 0.2) is 49.1 Å². The lowest BCUT2D eigenvalue weighted by molar-refractivity contribution is -0.150. The number of ether oxygens (including phenoxy) is 1. The Kier molecular flexibility index (Phi) is 10.7. The molecule has 1 amide bonds. The molecule has 8 heteroatoms. The second kappa shape index (κ2) is 14.3. The van der Waals surface area contributed by atoms with E-state index in [1.807, 2.05) is 49.1 Å². The number of amides is 1. The molecule has 180 valence electrons. The Morgan fingerprint density at radius 2 is 1.73 bits per heavy atom. The number of nitrogens with one attached hydrogen (secondary N) is 1. The van der Waals surface area contributed by atoms with Gasteiger partial charge in [0.1, 0.15) is 6.61 Å². The van der Waals surface area contributed by atoms with Gasteiger partial charge < -0.3 is 19.5 Å². The largest absolute Gasteiger partial charge is 0.528 e. The number of piperidine rings is 1. The van der Waals surface area contributed by atoms with Gasteiger partial charge in [0, 0.05) is 44.5 Å². The fourth-order valence-electron chi connectivity index (χ4n) is 3.96. The molecule has 8 nitrogen and oxygen atoms in total. The Hall–Kier alpha value is -2.87. The smallest absolute Gasteiger partial charge is 0.428 e. The number of unbranched alkanes of at least 4 members (excludes halogenated alkanes) is 5. The number of nitrogens with zero attached hydrogens (tertiary/aromatic N) is 3. The molecule has 2 heterocycles. The number of hydroxylamine groups is 2. The molecule has 1 saturated heterocycles. The zero-order valence-electron chi connectivity index (χ0n) is 19.4. The van der Waals surface area contributed by atoms with Crippen LogP contribution >= 0.6 is 0 Å². The number of hydrogen-bond acceptors (Lipinski definition) is 6. The third kappa shape index (κ3) is 9.65. The number of benzene rings is 1. The monoisotopic (exact) mass is 456 g/mol. The fourth-order valence-corrected chi connectivity index (χ4v) is 3.96. The predicted octanol–water partition coefficient (Wildman–Crippen LogP) is 4.32. The molecule has 0 spiro atoms. The van der Waals surface area contributed by atoms with Crippen molar-refractivity contribution in [2.75, 3.05) is 19.6 Å². The van der Waals surface area contributed by atoms with Gasteiger partial charge in [0.05, 0.1) is 6.33 Å². The fraction of sp³-hybridized carbons (Fsp3) is 0.560. The van der Waals surface area contributed by atoms with Gasteiger partial charge in [0.2, 0.25) is 5.91 Å². The maximum Gasteiger partial charge on any atom is 0.528 e. The number of hydrogen-bond donors (Lipinski definition) is 1. The minimum atomic E-state index is -0.705. The van der Waals surface area contributed by atoms with Crippen molar-refractivity contribution in [3.63, 3.8) is 0 Å². The SMILES string of the molecule is O=C(OCc1ccccc1)ON1CCC(C(=O)NCCCCCCCCn2ccnc2)CC1. The molecule has 1 N–H and O–H groups in total. The predicted molar refractivity (Wildman–Crippen MR) is 125 cm³/mol. The second-order valence-electron chi connectivity index (χ2n) is 8.53. The first-order valence-electron chi connectivity index (χ1n) is 12.1. The first-order valence-corrected chi connectivity index (χ1v) is 12.1. The van der Waals surface area contributed by atoms with Crippen LogP contribution in [0.1, 0.15) is 56.9 Å². The van der Waals surface area contributed by atoms with Gasteiger partial charge in [0.25, 0.3) is 0 Å². The number of carbonyl (C=O) groups excluding carboxylic acids is 2. The standard InChI is InChI=1S/C25H36N4O4/c30-24(27-14-8-3-1-2-4-9-16-28-19-15-26-21-28)23-12-17-29(18-13-23)33-25(31)32-20-22-10-6-5-7-11-22/h5-7,10-11,15,19,21,23H,1-4,8-9,12-14,16-18,20H2,(H,27,30). The summed E-state index contributed by atoms with van der Waals surface area (Å²) >= 11 is 0. The van der Waals surface area contributed by atoms with E-state index in [0.717, 1.165) is 31.5 Å². The summed E-state index contributed by atoms with van der Waals surface area (Å²) in [5.41, 5.74) is 0.912. The highest BCUT2D eigenvalue weighted by molar-refractivity contribution is 5.78. The number of imidazole rings is 1. The van der Waals surface area contributed by atoms with Gasteiger partial charge in [-0.2, -0.15) is 0 Å². The average molecular weight is 457 g/mol. The van der Waals surface area contributed by atoms with Crippen LogP contribution in [0.3, 0.4) is 0 Å². The molecule has 0 saturated carbocycles. The number of aromatic nitrogens is 2. The van der Waals surface area contributed by atoms with Crippen LogP contribution < -0.4 is 5.32 Å². The topological polar surface area (TPSA) is 85.7 Å². The maximum atomic E-state index is 12.4. The van der Waals surface area contributed by atoms with Gasteiger partial charge in [0.15, 0.2) is 0 Å². The molecule has 1 aliphatic heterocycles. The zero-order valence-corrected chi connectivity index (χ0v) is 19.4. The van der Waals surface area contributed by atoms with Crippen LogP contribution in [-0.4, -0.2) is 46.3 Å². The Labute approximate surface area is 196 Å². The van der Waals surface area contributed by atoms with Gasteiger partial charge >= 0.3 is 6.16 Å². The first kappa shape index (κ1) is 24.8. The van der Waals surface area contributed by atoms with Crippen molar-refractivity contribution in [1.82, 2.24) is 19.9 Å². The minimum absolute atomic E-state index is 0.0200. The molecule has 2 aromatic rings. The van der Waals surface area contributed by atoms with Crippen molar-refractivity contribution in [3.8, 4) is 0 Å². The van der Waals surface area contributed by atoms with Crippen LogP contribution in [0, 0.1) is 5.92 Å². The van der Waals surface area contributed by atoms with Gasteiger partial charge in [-0.05, 0) is 31.2 Å². The average Bonchev–Trinajstić information content (AvgIpc) is 3.36. The third-order valence-electron chi connectivity index (χ3n) is 5.93. The molecule has 0 unspecified atom stereocenters. The molecule has 1 aromatic carbocycles.